The number of alkyl halides is 3. The first-order valence-electron chi connectivity index (χ1n) is 8.63. The lowest BCUT2D eigenvalue weighted by Crippen LogP contribution is -2.56. The molecular formula is C18H25F3N2O2. The van der Waals surface area contributed by atoms with Crippen LogP contribution in [0.3, 0.4) is 0 Å². The molecule has 0 amide bonds. The molecule has 2 aliphatic rings. The minimum absolute atomic E-state index is 0.499. The number of rotatable bonds is 2. The average Bonchev–Trinajstić information content (AvgIpc) is 2.59. The number of nitrogens with zero attached hydrogens (tertiary/aromatic N) is 1. The summed E-state index contributed by atoms with van der Waals surface area (Å²) < 4.78 is 31.7. The van der Waals surface area contributed by atoms with Crippen molar-refractivity contribution in [1.82, 2.24) is 10.2 Å². The van der Waals surface area contributed by atoms with Crippen LogP contribution in [0, 0.1) is 0 Å². The lowest BCUT2D eigenvalue weighted by atomic mass is 9.79. The van der Waals surface area contributed by atoms with Gasteiger partial charge in [-0.3, -0.25) is 4.90 Å². The maximum absolute atomic E-state index is 10.6. The summed E-state index contributed by atoms with van der Waals surface area (Å²) in [6.45, 7) is 4.83. The Bertz CT molecular complexity index is 535. The molecule has 1 spiro atoms. The maximum atomic E-state index is 10.6. The van der Waals surface area contributed by atoms with Crippen LogP contribution < -0.4 is 5.32 Å². The predicted octanol–water partition coefficient (Wildman–Crippen LogP) is 3.43. The van der Waals surface area contributed by atoms with Crippen LogP contribution in [-0.4, -0.2) is 47.3 Å². The van der Waals surface area contributed by atoms with E-state index in [0.29, 0.717) is 5.54 Å². The topological polar surface area (TPSA) is 52.6 Å². The van der Waals surface area contributed by atoms with Gasteiger partial charge in [-0.05, 0) is 50.9 Å². The molecule has 25 heavy (non-hydrogen) atoms. The Hall–Kier alpha value is -1.60. The smallest absolute Gasteiger partial charge is 0.475 e. The van der Waals surface area contributed by atoms with E-state index in [-0.39, 0.29) is 0 Å². The van der Waals surface area contributed by atoms with Crippen LogP contribution in [0.1, 0.15) is 37.7 Å². The molecular weight excluding hydrogens is 333 g/mol. The number of benzene rings is 1. The van der Waals surface area contributed by atoms with Gasteiger partial charge in [0, 0.05) is 12.1 Å². The highest BCUT2D eigenvalue weighted by molar-refractivity contribution is 5.73. The normalized spacial score (nSPS) is 20.6. The molecule has 0 aliphatic carbocycles. The molecule has 2 aliphatic heterocycles. The molecule has 0 unspecified atom stereocenters. The summed E-state index contributed by atoms with van der Waals surface area (Å²) in [4.78, 5) is 11.7. The summed E-state index contributed by atoms with van der Waals surface area (Å²) in [6.07, 6.45) is 1.79. The zero-order valence-electron chi connectivity index (χ0n) is 14.2. The molecule has 2 heterocycles. The molecule has 140 valence electrons. The number of halogens is 3. The highest BCUT2D eigenvalue weighted by atomic mass is 19.4. The van der Waals surface area contributed by atoms with Gasteiger partial charge in [0.2, 0.25) is 0 Å². The average molecular weight is 358 g/mol. The number of hydrogen-bond acceptors (Lipinski definition) is 3. The molecule has 2 N–H and O–H groups in total. The molecule has 1 aromatic rings. The molecule has 2 fully saturated rings. The lowest BCUT2D eigenvalue weighted by Gasteiger charge is -2.50. The molecule has 2 saturated heterocycles. The number of aliphatic carboxylic acids is 1. The highest BCUT2D eigenvalue weighted by Crippen LogP contribution is 2.36. The molecule has 3 rings (SSSR count). The van der Waals surface area contributed by atoms with E-state index in [9.17, 15) is 13.2 Å². The van der Waals surface area contributed by atoms with Crippen LogP contribution >= 0.6 is 0 Å². The van der Waals surface area contributed by atoms with Crippen molar-refractivity contribution in [3.8, 4) is 0 Å². The Labute approximate surface area is 146 Å². The van der Waals surface area contributed by atoms with E-state index < -0.39 is 12.1 Å². The zero-order chi connectivity index (χ0) is 18.3. The van der Waals surface area contributed by atoms with Gasteiger partial charge < -0.3 is 10.4 Å². The minimum atomic E-state index is -5.08. The molecule has 0 aromatic heterocycles. The van der Waals surface area contributed by atoms with Crippen molar-refractivity contribution in [2.75, 3.05) is 19.6 Å². The summed E-state index contributed by atoms with van der Waals surface area (Å²) in [5.74, 6) is -2.76. The fourth-order valence-electron chi connectivity index (χ4n) is 3.66. The van der Waals surface area contributed by atoms with Crippen molar-refractivity contribution in [3.63, 3.8) is 0 Å². The van der Waals surface area contributed by atoms with Gasteiger partial charge in [-0.2, -0.15) is 13.2 Å². The van der Waals surface area contributed by atoms with Crippen LogP contribution in [0.2, 0.25) is 0 Å². The quantitative estimate of drug-likeness (QED) is 0.851. The fraction of sp³-hybridized carbons (Fsp3) is 0.611. The molecule has 4 nitrogen and oxygen atoms in total. The van der Waals surface area contributed by atoms with E-state index in [1.807, 2.05) is 0 Å². The minimum Gasteiger partial charge on any atom is -0.475 e. The largest absolute Gasteiger partial charge is 0.490 e. The summed E-state index contributed by atoms with van der Waals surface area (Å²) in [6, 6.07) is 11.0. The van der Waals surface area contributed by atoms with Gasteiger partial charge in [-0.25, -0.2) is 4.79 Å². The Kier molecular flexibility index (Phi) is 6.84. The number of likely N-dealkylation sites (tertiary alicyclic amines) is 1. The number of nitrogens with one attached hydrogen (secondary N) is 1. The third kappa shape index (κ3) is 5.71. The first-order valence-corrected chi connectivity index (χ1v) is 8.63. The monoisotopic (exact) mass is 358 g/mol. The van der Waals surface area contributed by atoms with Gasteiger partial charge in [0.1, 0.15) is 0 Å². The second kappa shape index (κ2) is 8.67. The number of carboxylic acid groups (broad SMARTS) is 1. The summed E-state index contributed by atoms with van der Waals surface area (Å²) >= 11 is 0. The van der Waals surface area contributed by atoms with E-state index in [4.69, 9.17) is 9.90 Å². The molecule has 7 heteroatoms. The molecule has 0 radical (unpaired) electrons. The standard InChI is InChI=1S/C16H24N2.C2HF3O2/c1-2-6-15(7-3-1)14-18-13-5-4-8-16(18)9-11-17-12-10-16;3-2(4,5)1(6)7/h1-3,6-7,17H,4-5,8-14H2;(H,6,7). The van der Waals surface area contributed by atoms with Crippen LogP contribution in [0.4, 0.5) is 13.2 Å². The number of piperidine rings is 2. The van der Waals surface area contributed by atoms with Gasteiger partial charge in [0.15, 0.2) is 0 Å². The Morgan fingerprint density at radius 2 is 1.72 bits per heavy atom. The molecule has 0 bridgehead atoms. The zero-order valence-corrected chi connectivity index (χ0v) is 14.2. The number of carbonyl (C=O) groups is 1. The number of carboxylic acids is 1. The maximum Gasteiger partial charge on any atom is 0.490 e. The van der Waals surface area contributed by atoms with Crippen molar-refractivity contribution < 1.29 is 23.1 Å². The summed E-state index contributed by atoms with van der Waals surface area (Å²) in [7, 11) is 0. The predicted molar refractivity (Wildman–Crippen MR) is 89.2 cm³/mol. The Morgan fingerprint density at radius 3 is 2.28 bits per heavy atom. The van der Waals surface area contributed by atoms with E-state index in [2.05, 4.69) is 40.5 Å². The summed E-state index contributed by atoms with van der Waals surface area (Å²) in [5.41, 5.74) is 1.97. The van der Waals surface area contributed by atoms with Crippen molar-refractivity contribution in [2.45, 2.75) is 50.4 Å². The van der Waals surface area contributed by atoms with Crippen molar-refractivity contribution >= 4 is 5.97 Å². The second-order valence-corrected chi connectivity index (χ2v) is 6.64. The first kappa shape index (κ1) is 19.7. The van der Waals surface area contributed by atoms with Gasteiger partial charge in [-0.15, -0.1) is 0 Å². The SMILES string of the molecule is O=C(O)C(F)(F)F.c1ccc(CN2CCCCC23CCNCC3)cc1. The third-order valence-corrected chi connectivity index (χ3v) is 4.98. The van der Waals surface area contributed by atoms with E-state index in [1.165, 1.54) is 57.3 Å². The highest BCUT2D eigenvalue weighted by Gasteiger charge is 2.39. The van der Waals surface area contributed by atoms with Gasteiger partial charge in [-0.1, -0.05) is 36.8 Å². The van der Waals surface area contributed by atoms with Crippen molar-refractivity contribution in [2.24, 2.45) is 0 Å². The van der Waals surface area contributed by atoms with E-state index in [1.54, 1.807) is 0 Å². The summed E-state index contributed by atoms with van der Waals surface area (Å²) in [5, 5.41) is 10.6. The van der Waals surface area contributed by atoms with Crippen LogP contribution in [0.25, 0.3) is 0 Å². The van der Waals surface area contributed by atoms with Gasteiger partial charge >= 0.3 is 12.1 Å². The second-order valence-electron chi connectivity index (χ2n) is 6.64. The molecule has 1 aromatic carbocycles. The Morgan fingerprint density at radius 1 is 1.12 bits per heavy atom. The molecule has 0 atom stereocenters. The van der Waals surface area contributed by atoms with Gasteiger partial charge in [0.05, 0.1) is 0 Å². The van der Waals surface area contributed by atoms with Crippen LogP contribution in [-0.2, 0) is 11.3 Å². The van der Waals surface area contributed by atoms with E-state index >= 15 is 0 Å². The first-order chi connectivity index (χ1) is 11.8. The van der Waals surface area contributed by atoms with Crippen LogP contribution in [0.5, 0.6) is 0 Å². The van der Waals surface area contributed by atoms with Gasteiger partial charge in [0.25, 0.3) is 0 Å². The lowest BCUT2D eigenvalue weighted by molar-refractivity contribution is -0.192. The van der Waals surface area contributed by atoms with Crippen molar-refractivity contribution in [3.05, 3.63) is 35.9 Å². The molecule has 0 saturated carbocycles. The third-order valence-electron chi connectivity index (χ3n) is 4.98. The fourth-order valence-corrected chi connectivity index (χ4v) is 3.66. The van der Waals surface area contributed by atoms with Crippen LogP contribution in [0.15, 0.2) is 30.3 Å². The van der Waals surface area contributed by atoms with Crippen molar-refractivity contribution in [1.29, 1.82) is 0 Å². The van der Waals surface area contributed by atoms with E-state index in [0.717, 1.165) is 6.54 Å². The number of hydrogen-bond donors (Lipinski definition) is 2. The Balaban J connectivity index is 0.000000277.